The van der Waals surface area contributed by atoms with Gasteiger partial charge in [0.05, 0.1) is 26.7 Å². The second-order valence-electron chi connectivity index (χ2n) is 5.84. The minimum absolute atomic E-state index is 0.171. The third-order valence-electron chi connectivity index (χ3n) is 3.99. The van der Waals surface area contributed by atoms with Gasteiger partial charge in [-0.25, -0.2) is 4.79 Å². The summed E-state index contributed by atoms with van der Waals surface area (Å²) >= 11 is 0. The summed E-state index contributed by atoms with van der Waals surface area (Å²) in [6.45, 7) is -0.216. The first kappa shape index (κ1) is 21.5. The van der Waals surface area contributed by atoms with Gasteiger partial charge in [-0.05, 0) is 36.4 Å². The number of methoxy groups -OCH3 is 2. The van der Waals surface area contributed by atoms with Gasteiger partial charge in [-0.2, -0.15) is 5.26 Å². The van der Waals surface area contributed by atoms with Crippen LogP contribution in [0.3, 0.4) is 0 Å². The van der Waals surface area contributed by atoms with Crippen molar-refractivity contribution >= 4 is 23.6 Å². The molecule has 0 unspecified atom stereocenters. The molecule has 7 nitrogen and oxygen atoms in total. The molecule has 0 saturated carbocycles. The quantitative estimate of drug-likeness (QED) is 0.479. The zero-order valence-corrected chi connectivity index (χ0v) is 16.3. The van der Waals surface area contributed by atoms with E-state index in [0.717, 1.165) is 0 Å². The van der Waals surface area contributed by atoms with E-state index in [2.05, 4.69) is 0 Å². The maximum Gasteiger partial charge on any atom is 0.331 e. The van der Waals surface area contributed by atoms with Crippen molar-refractivity contribution in [3.63, 3.8) is 0 Å². The lowest BCUT2D eigenvalue weighted by Gasteiger charge is -2.21. The summed E-state index contributed by atoms with van der Waals surface area (Å²) in [6, 6.07) is 16.1. The normalized spacial score (nSPS) is 10.2. The maximum absolute atomic E-state index is 12.5. The van der Waals surface area contributed by atoms with E-state index in [-0.39, 0.29) is 13.0 Å². The molecule has 0 spiro atoms. The Morgan fingerprint density at radius 1 is 1.10 bits per heavy atom. The summed E-state index contributed by atoms with van der Waals surface area (Å²) in [4.78, 5) is 26.0. The lowest BCUT2D eigenvalue weighted by Crippen LogP contribution is -2.35. The second-order valence-corrected chi connectivity index (χ2v) is 5.84. The van der Waals surface area contributed by atoms with E-state index in [1.165, 1.54) is 24.2 Å². The Morgan fingerprint density at radius 2 is 1.86 bits per heavy atom. The van der Waals surface area contributed by atoms with Gasteiger partial charge < -0.3 is 19.1 Å². The number of amides is 1. The predicted octanol–water partition coefficient (Wildman–Crippen LogP) is 3.21. The molecule has 0 saturated heterocycles. The molecule has 2 rings (SSSR count). The number of hydrogen-bond acceptors (Lipinski definition) is 6. The van der Waals surface area contributed by atoms with Crippen LogP contribution in [0.5, 0.6) is 11.5 Å². The molecule has 7 heteroatoms. The van der Waals surface area contributed by atoms with E-state index in [1.807, 2.05) is 12.1 Å². The fraction of sp³-hybridized carbons (Fsp3) is 0.227. The molecule has 2 aromatic carbocycles. The lowest BCUT2D eigenvalue weighted by atomic mass is 10.1. The minimum atomic E-state index is -0.670. The number of benzene rings is 2. The molecule has 150 valence electrons. The summed E-state index contributed by atoms with van der Waals surface area (Å²) in [7, 11) is 3.07. The minimum Gasteiger partial charge on any atom is -0.497 e. The van der Waals surface area contributed by atoms with Crippen LogP contribution >= 0.6 is 0 Å². The number of rotatable bonds is 9. The molecule has 0 radical (unpaired) electrons. The van der Waals surface area contributed by atoms with Crippen molar-refractivity contribution in [3.05, 3.63) is 60.2 Å². The van der Waals surface area contributed by atoms with E-state index in [4.69, 9.17) is 19.5 Å². The molecule has 0 bridgehead atoms. The van der Waals surface area contributed by atoms with Crippen molar-refractivity contribution in [1.82, 2.24) is 0 Å². The van der Waals surface area contributed by atoms with Crippen molar-refractivity contribution in [2.45, 2.75) is 6.42 Å². The third-order valence-corrected chi connectivity index (χ3v) is 3.99. The molecule has 0 aliphatic heterocycles. The SMILES string of the molecule is COc1ccc(OC)c(/C=C/C(=O)OCC(=O)N(CCC#N)c2ccccc2)c1. The number of hydrogen-bond donors (Lipinski definition) is 0. The Balaban J connectivity index is 2.01. The van der Waals surface area contributed by atoms with Crippen LogP contribution in [0.25, 0.3) is 6.08 Å². The Morgan fingerprint density at radius 3 is 2.52 bits per heavy atom. The van der Waals surface area contributed by atoms with Crippen molar-refractivity contribution in [1.29, 1.82) is 5.26 Å². The van der Waals surface area contributed by atoms with Gasteiger partial charge in [-0.15, -0.1) is 0 Å². The standard InChI is InChI=1S/C22H22N2O5/c1-27-19-10-11-20(28-2)17(15-19)9-12-22(26)29-16-21(25)24(14-6-13-23)18-7-4-3-5-8-18/h3-5,7-12,15H,6,14,16H2,1-2H3/b12-9+. The first-order valence-corrected chi connectivity index (χ1v) is 8.88. The van der Waals surface area contributed by atoms with Gasteiger partial charge in [0.1, 0.15) is 11.5 Å². The highest BCUT2D eigenvalue weighted by molar-refractivity contribution is 5.96. The predicted molar refractivity (Wildman–Crippen MR) is 109 cm³/mol. The Hall–Kier alpha value is -3.79. The van der Waals surface area contributed by atoms with Crippen molar-refractivity contribution in [2.75, 3.05) is 32.3 Å². The van der Waals surface area contributed by atoms with Crippen LogP contribution in [-0.2, 0) is 14.3 Å². The van der Waals surface area contributed by atoms with E-state index < -0.39 is 18.5 Å². The van der Waals surface area contributed by atoms with Gasteiger partial charge >= 0.3 is 5.97 Å². The molecule has 0 aromatic heterocycles. The van der Waals surface area contributed by atoms with Crippen LogP contribution in [0.2, 0.25) is 0 Å². The van der Waals surface area contributed by atoms with Crippen molar-refractivity contribution in [3.8, 4) is 17.6 Å². The zero-order valence-electron chi connectivity index (χ0n) is 16.3. The van der Waals surface area contributed by atoms with Gasteiger partial charge in [-0.3, -0.25) is 4.79 Å². The van der Waals surface area contributed by atoms with E-state index in [9.17, 15) is 9.59 Å². The Bertz CT molecular complexity index is 903. The lowest BCUT2D eigenvalue weighted by molar-refractivity contribution is -0.142. The summed E-state index contributed by atoms with van der Waals surface area (Å²) in [6.07, 6.45) is 2.91. The summed E-state index contributed by atoms with van der Waals surface area (Å²) in [5.41, 5.74) is 1.27. The van der Waals surface area contributed by atoms with Crippen molar-refractivity contribution in [2.24, 2.45) is 0 Å². The molecule has 0 heterocycles. The largest absolute Gasteiger partial charge is 0.497 e. The number of nitrogens with zero attached hydrogens (tertiary/aromatic N) is 2. The Kier molecular flexibility index (Phi) is 8.27. The highest BCUT2D eigenvalue weighted by atomic mass is 16.5. The van der Waals surface area contributed by atoms with E-state index in [1.54, 1.807) is 49.6 Å². The number of carbonyl (C=O) groups excluding carboxylic acids is 2. The molecule has 0 N–H and O–H groups in total. The van der Waals surface area contributed by atoms with Crippen LogP contribution in [0.4, 0.5) is 5.69 Å². The van der Waals surface area contributed by atoms with Gasteiger partial charge in [-0.1, -0.05) is 18.2 Å². The van der Waals surface area contributed by atoms with Gasteiger partial charge in [0.25, 0.3) is 5.91 Å². The molecule has 0 atom stereocenters. The van der Waals surface area contributed by atoms with Crippen LogP contribution in [0, 0.1) is 11.3 Å². The Labute approximate surface area is 169 Å². The first-order valence-electron chi connectivity index (χ1n) is 8.88. The molecular weight excluding hydrogens is 372 g/mol. The monoisotopic (exact) mass is 394 g/mol. The van der Waals surface area contributed by atoms with Gasteiger partial charge in [0.15, 0.2) is 6.61 Å². The molecule has 2 aromatic rings. The van der Waals surface area contributed by atoms with Crippen LogP contribution in [0.15, 0.2) is 54.6 Å². The highest BCUT2D eigenvalue weighted by Crippen LogP contribution is 2.25. The van der Waals surface area contributed by atoms with Crippen molar-refractivity contribution < 1.29 is 23.8 Å². The number of ether oxygens (including phenoxy) is 3. The highest BCUT2D eigenvalue weighted by Gasteiger charge is 2.16. The summed E-state index contributed by atoms with van der Waals surface area (Å²) < 4.78 is 15.5. The topological polar surface area (TPSA) is 88.9 Å². The molecule has 0 aliphatic rings. The first-order chi connectivity index (χ1) is 14.1. The maximum atomic E-state index is 12.5. The van der Waals surface area contributed by atoms with E-state index >= 15 is 0 Å². The third kappa shape index (κ3) is 6.40. The molecule has 0 aliphatic carbocycles. The average molecular weight is 394 g/mol. The molecule has 29 heavy (non-hydrogen) atoms. The van der Waals surface area contributed by atoms with E-state index in [0.29, 0.717) is 22.7 Å². The fourth-order valence-corrected chi connectivity index (χ4v) is 2.55. The summed E-state index contributed by atoms with van der Waals surface area (Å²) in [5, 5.41) is 8.82. The number of esters is 1. The van der Waals surface area contributed by atoms with Gasteiger partial charge in [0.2, 0.25) is 0 Å². The molecule has 0 fully saturated rings. The number of anilines is 1. The second kappa shape index (κ2) is 11.1. The zero-order chi connectivity index (χ0) is 21.1. The van der Waals surface area contributed by atoms with Crippen LogP contribution in [-0.4, -0.2) is 39.2 Å². The molecular formula is C22H22N2O5. The fourth-order valence-electron chi connectivity index (χ4n) is 2.55. The van der Waals surface area contributed by atoms with Gasteiger partial charge in [0, 0.05) is 23.9 Å². The summed E-state index contributed by atoms with van der Waals surface area (Å²) in [5.74, 6) is 0.103. The number of para-hydroxylation sites is 1. The van der Waals surface area contributed by atoms with Crippen LogP contribution < -0.4 is 14.4 Å². The molecule has 1 amide bonds. The van der Waals surface area contributed by atoms with Crippen LogP contribution in [0.1, 0.15) is 12.0 Å². The average Bonchev–Trinajstić information content (AvgIpc) is 2.76. The number of nitriles is 1. The number of carbonyl (C=O) groups is 2. The smallest absolute Gasteiger partial charge is 0.331 e.